The molecule has 12 atom stereocenters. The summed E-state index contributed by atoms with van der Waals surface area (Å²) in [5.41, 5.74) is 3.74. The van der Waals surface area contributed by atoms with Crippen molar-refractivity contribution in [3.8, 4) is 0 Å². The van der Waals surface area contributed by atoms with Gasteiger partial charge >= 0.3 is 0 Å². The SMILES string of the molecule is CC[C@H](C)[C@H](NC(=O)[C@@H](NC(=O)c1ccnc(Cl)c1Cl)C(C)(C)C)C(=O)N[C@H](C(=O)N[C@H](C(=O)N[C@H](C(=O)N[C@@H](CCC(N)=O)C(=O)N[C@@H](Cc1c[nH]cn1)C(=O)N[C@H](CC(C)C)C(=O)N[C@@H](CO)C(=O)NC)[C@@H](C)O)[C@@H](C)CC)C(C)(C)C. The number of halogens is 2. The average molecular weight is 1220 g/mol. The first-order chi connectivity index (χ1) is 39.0. The molecule has 29 heteroatoms. The number of rotatable bonds is 32. The molecule has 11 amide bonds. The highest BCUT2D eigenvalue weighted by atomic mass is 35.5. The van der Waals surface area contributed by atoms with Crippen molar-refractivity contribution in [2.75, 3.05) is 13.7 Å². The summed E-state index contributed by atoms with van der Waals surface area (Å²) in [7, 11) is 1.31. The molecular formula is C55H88Cl2N14O13. The van der Waals surface area contributed by atoms with Crippen molar-refractivity contribution in [3.05, 3.63) is 46.2 Å². The fourth-order valence-corrected chi connectivity index (χ4v) is 8.79. The van der Waals surface area contributed by atoms with Crippen LogP contribution in [-0.2, 0) is 54.4 Å². The molecule has 0 spiro atoms. The molecule has 15 N–H and O–H groups in total. The minimum Gasteiger partial charge on any atom is -0.394 e. The van der Waals surface area contributed by atoms with Crippen LogP contribution in [-0.4, -0.2) is 164 Å². The third-order valence-corrected chi connectivity index (χ3v) is 14.6. The van der Waals surface area contributed by atoms with Crippen LogP contribution in [0.3, 0.4) is 0 Å². The number of primary amides is 1. The fourth-order valence-electron chi connectivity index (χ4n) is 8.44. The fraction of sp³-hybridized carbons (Fsp3) is 0.655. The minimum atomic E-state index is -1.82. The van der Waals surface area contributed by atoms with Gasteiger partial charge in [0.05, 0.1) is 35.3 Å². The van der Waals surface area contributed by atoms with E-state index >= 15 is 0 Å². The van der Waals surface area contributed by atoms with Gasteiger partial charge in [0.25, 0.3) is 5.91 Å². The van der Waals surface area contributed by atoms with Crippen molar-refractivity contribution in [1.82, 2.24) is 68.1 Å². The molecule has 0 aliphatic heterocycles. The van der Waals surface area contributed by atoms with Crippen LogP contribution in [0.2, 0.25) is 10.2 Å². The molecule has 0 aliphatic carbocycles. The van der Waals surface area contributed by atoms with Gasteiger partial charge in [-0.15, -0.1) is 0 Å². The summed E-state index contributed by atoms with van der Waals surface area (Å²) in [6.45, 7) is 20.9. The molecule has 470 valence electrons. The van der Waals surface area contributed by atoms with Gasteiger partial charge in [-0.05, 0) is 54.4 Å². The Morgan fingerprint density at radius 1 is 0.607 bits per heavy atom. The first-order valence-electron chi connectivity index (χ1n) is 27.8. The number of likely N-dealkylation sites (N-methyl/N-ethyl adjacent to an activating group) is 1. The molecule has 2 aromatic heterocycles. The number of pyridine rings is 1. The van der Waals surface area contributed by atoms with E-state index in [2.05, 4.69) is 68.1 Å². The highest BCUT2D eigenvalue weighted by Gasteiger charge is 2.42. The molecule has 0 fully saturated rings. The van der Waals surface area contributed by atoms with Crippen molar-refractivity contribution < 1.29 is 63.0 Å². The average Bonchev–Trinajstić information content (AvgIpc) is 3.63. The van der Waals surface area contributed by atoms with E-state index in [0.29, 0.717) is 6.42 Å². The number of nitrogens with one attached hydrogen (secondary N) is 11. The lowest BCUT2D eigenvalue weighted by Gasteiger charge is -2.36. The van der Waals surface area contributed by atoms with E-state index in [1.54, 1.807) is 83.1 Å². The van der Waals surface area contributed by atoms with Crippen LogP contribution in [0, 0.1) is 28.6 Å². The maximum atomic E-state index is 14.5. The highest BCUT2D eigenvalue weighted by Crippen LogP contribution is 2.26. The molecule has 0 aromatic carbocycles. The smallest absolute Gasteiger partial charge is 0.253 e. The molecule has 0 aliphatic rings. The Kier molecular flexibility index (Phi) is 29.2. The molecule has 0 bridgehead atoms. The van der Waals surface area contributed by atoms with E-state index in [9.17, 15) is 63.0 Å². The van der Waals surface area contributed by atoms with Crippen LogP contribution in [0.25, 0.3) is 0 Å². The predicted molar refractivity (Wildman–Crippen MR) is 312 cm³/mol. The van der Waals surface area contributed by atoms with Gasteiger partial charge in [0.1, 0.15) is 59.5 Å². The van der Waals surface area contributed by atoms with Gasteiger partial charge in [-0.3, -0.25) is 52.7 Å². The Balaban J connectivity index is 2.47. The van der Waals surface area contributed by atoms with Crippen LogP contribution in [0.4, 0.5) is 0 Å². The second-order valence-electron chi connectivity index (χ2n) is 23.5. The first kappa shape index (κ1) is 73.1. The number of imidazole rings is 1. The lowest BCUT2D eigenvalue weighted by molar-refractivity contribution is -0.139. The van der Waals surface area contributed by atoms with E-state index in [1.165, 1.54) is 38.8 Å². The van der Waals surface area contributed by atoms with Gasteiger partial charge in [0, 0.05) is 32.3 Å². The van der Waals surface area contributed by atoms with Gasteiger partial charge < -0.3 is 74.1 Å². The highest BCUT2D eigenvalue weighted by molar-refractivity contribution is 6.43. The number of aliphatic hydroxyl groups excluding tert-OH is 2. The van der Waals surface area contributed by atoms with Crippen molar-refractivity contribution in [3.63, 3.8) is 0 Å². The lowest BCUT2D eigenvalue weighted by atomic mass is 9.84. The molecule has 0 radical (unpaired) electrons. The predicted octanol–water partition coefficient (Wildman–Crippen LogP) is -0.0539. The largest absolute Gasteiger partial charge is 0.394 e. The quantitative estimate of drug-likeness (QED) is 0.0427. The van der Waals surface area contributed by atoms with Crippen molar-refractivity contribution in [2.45, 2.75) is 189 Å². The Morgan fingerprint density at radius 2 is 1.07 bits per heavy atom. The van der Waals surface area contributed by atoms with E-state index in [4.69, 9.17) is 28.9 Å². The number of aliphatic hydroxyl groups is 2. The van der Waals surface area contributed by atoms with E-state index < -0.39 is 168 Å². The molecule has 0 saturated carbocycles. The van der Waals surface area contributed by atoms with Crippen molar-refractivity contribution in [1.29, 1.82) is 0 Å². The van der Waals surface area contributed by atoms with Gasteiger partial charge in [-0.1, -0.05) is 119 Å². The number of carbonyl (C=O) groups excluding carboxylic acids is 11. The first-order valence-corrected chi connectivity index (χ1v) is 28.6. The third kappa shape index (κ3) is 22.6. The lowest BCUT2D eigenvalue weighted by Crippen LogP contribution is -2.64. The zero-order valence-corrected chi connectivity index (χ0v) is 51.9. The Labute approximate surface area is 500 Å². The number of amides is 11. The minimum absolute atomic E-state index is 0.0378. The van der Waals surface area contributed by atoms with Crippen LogP contribution in [0.1, 0.15) is 138 Å². The summed E-state index contributed by atoms with van der Waals surface area (Å²) in [6, 6.07) is -11.5. The molecule has 2 rings (SSSR count). The molecule has 0 saturated heterocycles. The van der Waals surface area contributed by atoms with Gasteiger partial charge in [0.15, 0.2) is 0 Å². The second kappa shape index (κ2) is 33.5. The van der Waals surface area contributed by atoms with Crippen LogP contribution in [0.5, 0.6) is 0 Å². The van der Waals surface area contributed by atoms with E-state index in [-0.39, 0.29) is 46.6 Å². The Morgan fingerprint density at radius 3 is 1.54 bits per heavy atom. The zero-order chi connectivity index (χ0) is 64.1. The number of aromatic amines is 1. The van der Waals surface area contributed by atoms with Crippen molar-refractivity contribution >= 4 is 88.2 Å². The topological polar surface area (TPSA) is 416 Å². The summed E-state index contributed by atoms with van der Waals surface area (Å²) < 4.78 is 0. The molecule has 2 aromatic rings. The zero-order valence-electron chi connectivity index (χ0n) is 50.4. The summed E-state index contributed by atoms with van der Waals surface area (Å²) in [5, 5.41) is 46.2. The summed E-state index contributed by atoms with van der Waals surface area (Å²) in [6.07, 6.45) is 1.92. The number of hydrogen-bond acceptors (Lipinski definition) is 15. The number of H-pyrrole nitrogens is 1. The number of nitrogens with two attached hydrogens (primary N) is 1. The van der Waals surface area contributed by atoms with Crippen LogP contribution < -0.4 is 58.9 Å². The molecular weight excluding hydrogens is 1140 g/mol. The monoisotopic (exact) mass is 1220 g/mol. The van der Waals surface area contributed by atoms with Gasteiger partial charge in [0.2, 0.25) is 59.1 Å². The molecule has 0 unspecified atom stereocenters. The molecule has 27 nitrogen and oxygen atoms in total. The number of carbonyl (C=O) groups is 11. The van der Waals surface area contributed by atoms with Crippen LogP contribution >= 0.6 is 23.2 Å². The normalized spacial score (nSPS) is 15.9. The standard InChI is InChI=1S/C55H88Cl2N14O13/c1-15-27(5)38(67-53(84)42(55(11,12)13)71-50(81)39(28(6)16-2)68-52(83)41(54(8,9)10)70-44(75)31-19-20-61-43(57)37(31)56)49(80)69-40(29(7)73)51(82)63-32(17-18-36(58)74)46(77)65-34(22-30-23-60-25-62-30)48(79)64-33(21-26(3)4)47(78)66-35(24-72)45(76)59-14/h19-20,23,25-29,32-35,38-42,72-73H,15-18,21-22,24H2,1-14H3,(H2,58,74)(H,59,76)(H,60,62)(H,63,82)(H,64,79)(H,65,77)(H,66,78)(H,67,84)(H,68,83)(H,69,80)(H,70,75)(H,71,81)/t27-,28-,29+,32-,33+,34-,35-,38-,39-,40-,41+,42+/m0/s1. The van der Waals surface area contributed by atoms with E-state index in [1.807, 2.05) is 0 Å². The maximum absolute atomic E-state index is 14.5. The third-order valence-electron chi connectivity index (χ3n) is 13.9. The van der Waals surface area contributed by atoms with Crippen LogP contribution in [0.15, 0.2) is 24.8 Å². The summed E-state index contributed by atoms with van der Waals surface area (Å²) >= 11 is 12.3. The van der Waals surface area contributed by atoms with Gasteiger partial charge in [-0.25, -0.2) is 9.97 Å². The van der Waals surface area contributed by atoms with E-state index in [0.717, 1.165) is 0 Å². The summed E-state index contributed by atoms with van der Waals surface area (Å²) in [4.78, 5) is 162. The second-order valence-corrected chi connectivity index (χ2v) is 24.2. The van der Waals surface area contributed by atoms with Gasteiger partial charge in [-0.2, -0.15) is 0 Å². The number of nitrogens with zero attached hydrogens (tertiary/aromatic N) is 2. The summed E-state index contributed by atoms with van der Waals surface area (Å²) in [5.74, 6) is -10.8. The Bertz CT molecular complexity index is 2610. The molecule has 84 heavy (non-hydrogen) atoms. The number of hydrogen-bond donors (Lipinski definition) is 14. The van der Waals surface area contributed by atoms with Crippen molar-refractivity contribution in [2.24, 2.45) is 34.3 Å². The maximum Gasteiger partial charge on any atom is 0.253 e. The number of aromatic nitrogens is 3. The molecule has 2 heterocycles. The Hall–Kier alpha value is -6.97.